The van der Waals surface area contributed by atoms with Gasteiger partial charge in [0.05, 0.1) is 25.4 Å². The molecule has 0 unspecified atom stereocenters. The maximum Gasteiger partial charge on any atom is 0.340 e. The summed E-state index contributed by atoms with van der Waals surface area (Å²) >= 11 is 0. The number of pyridine rings is 1. The van der Waals surface area contributed by atoms with Gasteiger partial charge in [-0.2, -0.15) is 0 Å². The molecule has 104 valence electrons. The van der Waals surface area contributed by atoms with E-state index in [0.29, 0.717) is 25.4 Å². The fourth-order valence-electron chi connectivity index (χ4n) is 1.89. The summed E-state index contributed by atoms with van der Waals surface area (Å²) < 4.78 is 15.9. The first-order valence-electron chi connectivity index (χ1n) is 6.38. The zero-order valence-corrected chi connectivity index (χ0v) is 10.9. The average Bonchev–Trinajstić information content (AvgIpc) is 2.42. The van der Waals surface area contributed by atoms with Crippen LogP contribution in [0.3, 0.4) is 0 Å². The molecule has 2 rings (SSSR count). The number of esters is 1. The Morgan fingerprint density at radius 3 is 2.95 bits per heavy atom. The van der Waals surface area contributed by atoms with Gasteiger partial charge in [0, 0.05) is 19.0 Å². The minimum Gasteiger partial charge on any atom is -0.473 e. The zero-order chi connectivity index (χ0) is 13.7. The molecule has 1 fully saturated rings. The second kappa shape index (κ2) is 6.38. The Morgan fingerprint density at radius 1 is 1.53 bits per heavy atom. The fourth-order valence-corrected chi connectivity index (χ4v) is 1.89. The summed E-state index contributed by atoms with van der Waals surface area (Å²) in [6.07, 6.45) is 3.12. The smallest absolute Gasteiger partial charge is 0.340 e. The summed E-state index contributed by atoms with van der Waals surface area (Å²) in [5, 5.41) is 0. The number of nitrogens with two attached hydrogens (primary N) is 1. The van der Waals surface area contributed by atoms with Crippen molar-refractivity contribution in [2.75, 3.05) is 25.6 Å². The van der Waals surface area contributed by atoms with Gasteiger partial charge < -0.3 is 19.9 Å². The molecule has 19 heavy (non-hydrogen) atoms. The van der Waals surface area contributed by atoms with E-state index >= 15 is 0 Å². The molecule has 0 radical (unpaired) electrons. The molecule has 1 aromatic rings. The maximum absolute atomic E-state index is 11.7. The maximum atomic E-state index is 11.7. The van der Waals surface area contributed by atoms with Crippen molar-refractivity contribution >= 4 is 11.7 Å². The quantitative estimate of drug-likeness (QED) is 0.829. The summed E-state index contributed by atoms with van der Waals surface area (Å²) in [5.41, 5.74) is 6.43. The Bertz CT molecular complexity index is 444. The number of anilines is 1. The lowest BCUT2D eigenvalue weighted by molar-refractivity contribution is 0.0239. The van der Waals surface area contributed by atoms with Crippen LogP contribution in [0.4, 0.5) is 5.69 Å². The predicted octanol–water partition coefficient (Wildman–Crippen LogP) is 1.40. The van der Waals surface area contributed by atoms with Gasteiger partial charge in [0.15, 0.2) is 0 Å². The molecule has 0 atom stereocenters. The molecule has 0 aromatic carbocycles. The molecule has 2 N–H and O–H groups in total. The van der Waals surface area contributed by atoms with Gasteiger partial charge in [0.25, 0.3) is 0 Å². The van der Waals surface area contributed by atoms with Crippen LogP contribution < -0.4 is 10.5 Å². The summed E-state index contributed by atoms with van der Waals surface area (Å²) in [6.45, 7) is 3.38. The fraction of sp³-hybridized carbons (Fsp3) is 0.538. The first-order valence-corrected chi connectivity index (χ1v) is 6.38. The topological polar surface area (TPSA) is 83.7 Å². The number of hydrogen-bond donors (Lipinski definition) is 1. The predicted molar refractivity (Wildman–Crippen MR) is 69.1 cm³/mol. The molecule has 0 aliphatic carbocycles. The van der Waals surface area contributed by atoms with Gasteiger partial charge in [-0.05, 0) is 13.0 Å². The second-order valence-corrected chi connectivity index (χ2v) is 4.23. The molecule has 0 amide bonds. The highest BCUT2D eigenvalue weighted by Crippen LogP contribution is 2.25. The van der Waals surface area contributed by atoms with Crippen LogP contribution in [0.1, 0.15) is 30.1 Å². The number of ether oxygens (including phenoxy) is 3. The molecular formula is C13H18N2O4. The van der Waals surface area contributed by atoms with Crippen molar-refractivity contribution in [1.82, 2.24) is 4.98 Å². The molecule has 1 saturated heterocycles. The SMILES string of the molecule is CCOC(=O)c1ccnc(OC2CCOCC2)c1N. The highest BCUT2D eigenvalue weighted by atomic mass is 16.5. The molecule has 0 bridgehead atoms. The molecule has 6 heteroatoms. The third kappa shape index (κ3) is 3.35. The third-order valence-corrected chi connectivity index (χ3v) is 2.90. The van der Waals surface area contributed by atoms with Gasteiger partial charge in [0.2, 0.25) is 5.88 Å². The van der Waals surface area contributed by atoms with E-state index in [1.807, 2.05) is 0 Å². The average molecular weight is 266 g/mol. The van der Waals surface area contributed by atoms with E-state index in [1.165, 1.54) is 12.3 Å². The lowest BCUT2D eigenvalue weighted by Crippen LogP contribution is -2.26. The lowest BCUT2D eigenvalue weighted by Gasteiger charge is -2.23. The highest BCUT2D eigenvalue weighted by Gasteiger charge is 2.20. The standard InChI is InChI=1S/C13H18N2O4/c1-2-18-13(16)10-3-6-15-12(11(10)14)19-9-4-7-17-8-5-9/h3,6,9H,2,4-5,7-8,14H2,1H3. The van der Waals surface area contributed by atoms with Crippen LogP contribution >= 0.6 is 0 Å². The number of carbonyl (C=O) groups is 1. The molecule has 1 aromatic heterocycles. The van der Waals surface area contributed by atoms with E-state index in [2.05, 4.69) is 4.98 Å². The van der Waals surface area contributed by atoms with Gasteiger partial charge in [0.1, 0.15) is 11.8 Å². The van der Waals surface area contributed by atoms with Crippen molar-refractivity contribution in [3.63, 3.8) is 0 Å². The van der Waals surface area contributed by atoms with E-state index < -0.39 is 5.97 Å². The Hall–Kier alpha value is -1.82. The van der Waals surface area contributed by atoms with Gasteiger partial charge in [-0.15, -0.1) is 0 Å². The van der Waals surface area contributed by atoms with Crippen LogP contribution in [-0.2, 0) is 9.47 Å². The number of nitrogen functional groups attached to an aromatic ring is 1. The number of nitrogens with zero attached hydrogens (tertiary/aromatic N) is 1. The Balaban J connectivity index is 2.12. The molecule has 2 heterocycles. The van der Waals surface area contributed by atoms with Crippen molar-refractivity contribution in [3.8, 4) is 5.88 Å². The second-order valence-electron chi connectivity index (χ2n) is 4.23. The van der Waals surface area contributed by atoms with Crippen molar-refractivity contribution in [1.29, 1.82) is 0 Å². The molecule has 1 aliphatic heterocycles. The molecule has 0 spiro atoms. The van der Waals surface area contributed by atoms with Crippen molar-refractivity contribution in [2.45, 2.75) is 25.9 Å². The summed E-state index contributed by atoms with van der Waals surface area (Å²) in [5.74, 6) is -0.170. The lowest BCUT2D eigenvalue weighted by atomic mass is 10.1. The van der Waals surface area contributed by atoms with Crippen LogP contribution in [-0.4, -0.2) is 36.9 Å². The van der Waals surface area contributed by atoms with E-state index in [-0.39, 0.29) is 17.7 Å². The van der Waals surface area contributed by atoms with Crippen LogP contribution in [0.2, 0.25) is 0 Å². The van der Waals surface area contributed by atoms with Crippen LogP contribution in [0.15, 0.2) is 12.3 Å². The number of hydrogen-bond acceptors (Lipinski definition) is 6. The van der Waals surface area contributed by atoms with Gasteiger partial charge >= 0.3 is 5.97 Å². The first-order chi connectivity index (χ1) is 9.22. The third-order valence-electron chi connectivity index (χ3n) is 2.90. The Morgan fingerprint density at radius 2 is 2.26 bits per heavy atom. The van der Waals surface area contributed by atoms with Crippen LogP contribution in [0.5, 0.6) is 5.88 Å². The Kier molecular flexibility index (Phi) is 4.57. The minimum absolute atomic E-state index is 0.0287. The largest absolute Gasteiger partial charge is 0.473 e. The number of aromatic nitrogens is 1. The van der Waals surface area contributed by atoms with Gasteiger partial charge in [-0.1, -0.05) is 0 Å². The van der Waals surface area contributed by atoms with Crippen molar-refractivity contribution in [3.05, 3.63) is 17.8 Å². The van der Waals surface area contributed by atoms with Crippen LogP contribution in [0.25, 0.3) is 0 Å². The van der Waals surface area contributed by atoms with E-state index in [0.717, 1.165) is 12.8 Å². The summed E-state index contributed by atoms with van der Waals surface area (Å²) in [4.78, 5) is 15.8. The van der Waals surface area contributed by atoms with E-state index in [1.54, 1.807) is 6.92 Å². The van der Waals surface area contributed by atoms with Gasteiger partial charge in [-0.25, -0.2) is 9.78 Å². The summed E-state index contributed by atoms with van der Waals surface area (Å²) in [7, 11) is 0. The molecular weight excluding hydrogens is 248 g/mol. The van der Waals surface area contributed by atoms with E-state index in [4.69, 9.17) is 19.9 Å². The Labute approximate surface area is 111 Å². The van der Waals surface area contributed by atoms with Gasteiger partial charge in [-0.3, -0.25) is 0 Å². The van der Waals surface area contributed by atoms with Crippen LogP contribution in [0, 0.1) is 0 Å². The highest BCUT2D eigenvalue weighted by molar-refractivity contribution is 5.96. The van der Waals surface area contributed by atoms with Crippen molar-refractivity contribution < 1.29 is 19.0 Å². The molecule has 1 aliphatic rings. The molecule has 0 saturated carbocycles. The minimum atomic E-state index is -0.459. The zero-order valence-electron chi connectivity index (χ0n) is 10.9. The monoisotopic (exact) mass is 266 g/mol. The number of rotatable bonds is 4. The van der Waals surface area contributed by atoms with E-state index in [9.17, 15) is 4.79 Å². The van der Waals surface area contributed by atoms with Crippen molar-refractivity contribution in [2.24, 2.45) is 0 Å². The molecule has 6 nitrogen and oxygen atoms in total. The number of carbonyl (C=O) groups excluding carboxylic acids is 1. The summed E-state index contributed by atoms with van der Waals surface area (Å²) in [6, 6.07) is 1.53. The normalized spacial score (nSPS) is 16.1. The first kappa shape index (κ1) is 13.6.